The van der Waals surface area contributed by atoms with Gasteiger partial charge in [-0.3, -0.25) is 14.5 Å². The highest BCUT2D eigenvalue weighted by Gasteiger charge is 2.35. The molecule has 0 aromatic carbocycles. The first-order valence-electron chi connectivity index (χ1n) is 7.12. The Morgan fingerprint density at radius 2 is 2.36 bits per heavy atom. The zero-order valence-electron chi connectivity index (χ0n) is 12.6. The Bertz CT molecular complexity index is 525. The number of carboxylic acid groups (broad SMARTS) is 1. The number of carbonyl (C=O) groups excluding carboxylic acids is 1. The summed E-state index contributed by atoms with van der Waals surface area (Å²) in [4.78, 5) is 30.4. The van der Waals surface area contributed by atoms with Crippen LogP contribution in [0.25, 0.3) is 0 Å². The van der Waals surface area contributed by atoms with Crippen LogP contribution in [-0.2, 0) is 16.1 Å². The average molecular weight is 329 g/mol. The lowest BCUT2D eigenvalue weighted by molar-refractivity contribution is -0.150. The zero-order valence-corrected chi connectivity index (χ0v) is 13.4. The molecular formula is C14H20FN3O3S. The van der Waals surface area contributed by atoms with Gasteiger partial charge in [0, 0.05) is 37.8 Å². The SMILES string of the molecule is CC(C(=O)O)C(=O)N(C)C[C@@H]1C[C@H](F)CN1Cc1nccs1. The Morgan fingerprint density at radius 3 is 2.95 bits per heavy atom. The van der Waals surface area contributed by atoms with Gasteiger partial charge in [0.2, 0.25) is 5.91 Å². The molecule has 22 heavy (non-hydrogen) atoms. The van der Waals surface area contributed by atoms with E-state index < -0.39 is 24.0 Å². The molecule has 0 aliphatic carbocycles. The second-order valence-electron chi connectivity index (χ2n) is 5.62. The Hall–Kier alpha value is -1.54. The number of likely N-dealkylation sites (N-methyl/N-ethyl adjacent to an activating group) is 1. The molecule has 0 spiro atoms. The number of amides is 1. The number of aromatic nitrogens is 1. The summed E-state index contributed by atoms with van der Waals surface area (Å²) in [6.07, 6.45) is 1.14. The van der Waals surface area contributed by atoms with E-state index in [0.717, 1.165) is 5.01 Å². The van der Waals surface area contributed by atoms with Gasteiger partial charge in [0.25, 0.3) is 0 Å². The monoisotopic (exact) mass is 329 g/mol. The van der Waals surface area contributed by atoms with Gasteiger partial charge in [-0.15, -0.1) is 11.3 Å². The molecule has 1 unspecified atom stereocenters. The predicted octanol–water partition coefficient (Wildman–Crippen LogP) is 1.23. The maximum Gasteiger partial charge on any atom is 0.315 e. The molecule has 8 heteroatoms. The minimum atomic E-state index is -1.15. The third-order valence-electron chi connectivity index (χ3n) is 3.90. The summed E-state index contributed by atoms with van der Waals surface area (Å²) < 4.78 is 13.7. The lowest BCUT2D eigenvalue weighted by Crippen LogP contribution is -2.43. The van der Waals surface area contributed by atoms with Crippen LogP contribution in [0.2, 0.25) is 0 Å². The molecule has 1 aliphatic heterocycles. The summed E-state index contributed by atoms with van der Waals surface area (Å²) in [6.45, 7) is 2.56. The number of likely N-dealkylation sites (tertiary alicyclic amines) is 1. The quantitative estimate of drug-likeness (QED) is 0.795. The third kappa shape index (κ3) is 4.01. The van der Waals surface area contributed by atoms with Crippen molar-refractivity contribution in [2.24, 2.45) is 5.92 Å². The van der Waals surface area contributed by atoms with Gasteiger partial charge in [-0.2, -0.15) is 0 Å². The number of rotatable bonds is 6. The van der Waals surface area contributed by atoms with Gasteiger partial charge >= 0.3 is 5.97 Å². The van der Waals surface area contributed by atoms with Crippen LogP contribution in [0.15, 0.2) is 11.6 Å². The number of carbonyl (C=O) groups is 2. The van der Waals surface area contributed by atoms with E-state index in [1.165, 1.54) is 23.2 Å². The van der Waals surface area contributed by atoms with Crippen LogP contribution in [0.1, 0.15) is 18.4 Å². The predicted molar refractivity (Wildman–Crippen MR) is 80.3 cm³/mol. The fourth-order valence-corrected chi connectivity index (χ4v) is 3.29. The molecule has 1 amide bonds. The van der Waals surface area contributed by atoms with Crippen LogP contribution in [0.5, 0.6) is 0 Å². The molecule has 1 saturated heterocycles. The molecule has 2 heterocycles. The summed E-state index contributed by atoms with van der Waals surface area (Å²) >= 11 is 1.51. The molecule has 1 aliphatic rings. The van der Waals surface area contributed by atoms with E-state index >= 15 is 0 Å². The van der Waals surface area contributed by atoms with Crippen molar-refractivity contribution in [3.8, 4) is 0 Å². The molecule has 1 aromatic rings. The normalized spacial score (nSPS) is 23.4. The van der Waals surface area contributed by atoms with Crippen molar-refractivity contribution in [3.05, 3.63) is 16.6 Å². The molecule has 2 rings (SSSR count). The number of halogens is 1. The maximum atomic E-state index is 13.7. The van der Waals surface area contributed by atoms with Crippen LogP contribution in [0.4, 0.5) is 4.39 Å². The molecule has 0 bridgehead atoms. The standard InChI is InChI=1S/C14H20FN3O3S/c1-9(14(20)21)13(19)17(2)7-11-5-10(15)6-18(11)8-12-16-3-4-22-12/h3-4,9-11H,5-8H2,1-2H3,(H,20,21)/t9?,10-,11-/m0/s1. The van der Waals surface area contributed by atoms with Gasteiger partial charge in [-0.1, -0.05) is 0 Å². The molecule has 1 fully saturated rings. The van der Waals surface area contributed by atoms with Crippen molar-refractivity contribution >= 4 is 23.2 Å². The van der Waals surface area contributed by atoms with E-state index in [1.807, 2.05) is 10.3 Å². The minimum Gasteiger partial charge on any atom is -0.481 e. The highest BCUT2D eigenvalue weighted by Crippen LogP contribution is 2.24. The number of nitrogens with zero attached hydrogens (tertiary/aromatic N) is 3. The molecule has 6 nitrogen and oxygen atoms in total. The summed E-state index contributed by atoms with van der Waals surface area (Å²) in [5, 5.41) is 11.7. The molecule has 3 atom stereocenters. The summed E-state index contributed by atoms with van der Waals surface area (Å²) in [7, 11) is 1.56. The van der Waals surface area contributed by atoms with Crippen molar-refractivity contribution in [2.75, 3.05) is 20.1 Å². The Balaban J connectivity index is 1.97. The first-order chi connectivity index (χ1) is 10.4. The smallest absolute Gasteiger partial charge is 0.315 e. The first kappa shape index (κ1) is 16.8. The minimum absolute atomic E-state index is 0.117. The maximum absolute atomic E-state index is 13.7. The Kier molecular flexibility index (Phi) is 5.47. The number of hydrogen-bond donors (Lipinski definition) is 1. The lowest BCUT2D eigenvalue weighted by Gasteiger charge is -2.28. The van der Waals surface area contributed by atoms with E-state index in [4.69, 9.17) is 5.11 Å². The topological polar surface area (TPSA) is 73.7 Å². The fourth-order valence-electron chi connectivity index (χ4n) is 2.65. The average Bonchev–Trinajstić information content (AvgIpc) is 3.07. The third-order valence-corrected chi connectivity index (χ3v) is 4.66. The van der Waals surface area contributed by atoms with Crippen LogP contribution in [0, 0.1) is 5.92 Å². The van der Waals surface area contributed by atoms with Gasteiger partial charge in [-0.25, -0.2) is 9.37 Å². The molecule has 1 N–H and O–H groups in total. The number of hydrogen-bond acceptors (Lipinski definition) is 5. The molecule has 1 aromatic heterocycles. The van der Waals surface area contributed by atoms with Crippen molar-refractivity contribution in [2.45, 2.75) is 32.1 Å². The number of alkyl halides is 1. The van der Waals surface area contributed by atoms with Crippen LogP contribution in [0.3, 0.4) is 0 Å². The number of thiazole rings is 1. The van der Waals surface area contributed by atoms with E-state index in [-0.39, 0.29) is 6.04 Å². The highest BCUT2D eigenvalue weighted by atomic mass is 32.1. The Morgan fingerprint density at radius 1 is 1.64 bits per heavy atom. The fraction of sp³-hybridized carbons (Fsp3) is 0.643. The van der Waals surface area contributed by atoms with E-state index in [2.05, 4.69) is 4.98 Å². The summed E-state index contributed by atoms with van der Waals surface area (Å²) in [5.41, 5.74) is 0. The lowest BCUT2D eigenvalue weighted by atomic mass is 10.1. The van der Waals surface area contributed by atoms with Crippen molar-refractivity contribution in [1.82, 2.24) is 14.8 Å². The van der Waals surface area contributed by atoms with Crippen LogP contribution in [-0.4, -0.2) is 64.1 Å². The number of aliphatic carboxylic acids is 1. The van der Waals surface area contributed by atoms with E-state index in [9.17, 15) is 14.0 Å². The second-order valence-corrected chi connectivity index (χ2v) is 6.60. The van der Waals surface area contributed by atoms with Crippen LogP contribution >= 0.6 is 11.3 Å². The van der Waals surface area contributed by atoms with Gasteiger partial charge in [-0.05, 0) is 13.3 Å². The van der Waals surface area contributed by atoms with E-state index in [1.54, 1.807) is 13.2 Å². The molecule has 0 saturated carbocycles. The largest absolute Gasteiger partial charge is 0.481 e. The second kappa shape index (κ2) is 7.15. The Labute approximate surface area is 132 Å². The van der Waals surface area contributed by atoms with Gasteiger partial charge in [0.05, 0.1) is 6.54 Å². The number of carboxylic acids is 1. The highest BCUT2D eigenvalue weighted by molar-refractivity contribution is 7.09. The van der Waals surface area contributed by atoms with Crippen LogP contribution < -0.4 is 0 Å². The zero-order chi connectivity index (χ0) is 16.3. The van der Waals surface area contributed by atoms with Crippen molar-refractivity contribution in [1.29, 1.82) is 0 Å². The molecular weight excluding hydrogens is 309 g/mol. The summed E-state index contributed by atoms with van der Waals surface area (Å²) in [6, 6.07) is -0.117. The van der Waals surface area contributed by atoms with Crippen molar-refractivity contribution < 1.29 is 19.1 Å². The molecule has 0 radical (unpaired) electrons. The van der Waals surface area contributed by atoms with E-state index in [0.29, 0.717) is 26.1 Å². The van der Waals surface area contributed by atoms with Gasteiger partial charge in [0.1, 0.15) is 17.1 Å². The summed E-state index contributed by atoms with van der Waals surface area (Å²) in [5.74, 6) is -2.68. The van der Waals surface area contributed by atoms with Crippen molar-refractivity contribution in [3.63, 3.8) is 0 Å². The van der Waals surface area contributed by atoms with Gasteiger partial charge < -0.3 is 10.0 Å². The van der Waals surface area contributed by atoms with Gasteiger partial charge in [0.15, 0.2) is 0 Å². The molecule has 122 valence electrons. The first-order valence-corrected chi connectivity index (χ1v) is 8.00.